The number of nitrogens with one attached hydrogen (secondary N) is 2. The summed E-state index contributed by atoms with van der Waals surface area (Å²) >= 11 is 8.41. The number of aromatic nitrogens is 6. The summed E-state index contributed by atoms with van der Waals surface area (Å²) in [6, 6.07) is 17.5. The third-order valence-corrected chi connectivity index (χ3v) is 7.57. The van der Waals surface area contributed by atoms with E-state index in [1.54, 1.807) is 23.0 Å². The molecule has 2 aromatic carbocycles. The average molecular weight is 554 g/mol. The first-order chi connectivity index (χ1) is 19.0. The van der Waals surface area contributed by atoms with Crippen molar-refractivity contribution in [1.82, 2.24) is 29.5 Å². The molecule has 6 rings (SSSR count). The van der Waals surface area contributed by atoms with E-state index in [1.807, 2.05) is 55.5 Å². The number of pyridine rings is 2. The van der Waals surface area contributed by atoms with Crippen LogP contribution in [-0.2, 0) is 0 Å². The van der Waals surface area contributed by atoms with Crippen LogP contribution in [-0.4, -0.2) is 29.5 Å². The average Bonchev–Trinajstić information content (AvgIpc) is 2.96. The van der Waals surface area contributed by atoms with Gasteiger partial charge in [0.15, 0.2) is 10.6 Å². The molecule has 4 heterocycles. The van der Waals surface area contributed by atoms with Crippen LogP contribution in [0.3, 0.4) is 0 Å². The van der Waals surface area contributed by atoms with E-state index in [9.17, 15) is 9.59 Å². The van der Waals surface area contributed by atoms with Gasteiger partial charge in [0.05, 0.1) is 22.1 Å². The molecular weight excluding hydrogens is 534 g/mol. The third kappa shape index (κ3) is 4.53. The first kappa shape index (κ1) is 24.8. The zero-order chi connectivity index (χ0) is 26.9. The van der Waals surface area contributed by atoms with E-state index in [4.69, 9.17) is 11.6 Å². The molecule has 0 aliphatic carbocycles. The third-order valence-electron chi connectivity index (χ3n) is 6.21. The zero-order valence-corrected chi connectivity index (χ0v) is 22.1. The summed E-state index contributed by atoms with van der Waals surface area (Å²) in [7, 11) is 0. The molecule has 0 bridgehead atoms. The Balaban J connectivity index is 1.57. The van der Waals surface area contributed by atoms with Crippen molar-refractivity contribution in [1.29, 1.82) is 0 Å². The van der Waals surface area contributed by atoms with Gasteiger partial charge in [-0.25, -0.2) is 19.9 Å². The molecule has 0 radical (unpaired) electrons. The van der Waals surface area contributed by atoms with E-state index < -0.39 is 6.04 Å². The Kier molecular flexibility index (Phi) is 6.55. The maximum atomic E-state index is 14.3. The molecule has 4 aromatic heterocycles. The van der Waals surface area contributed by atoms with Crippen LogP contribution in [0.1, 0.15) is 18.7 Å². The van der Waals surface area contributed by atoms with Crippen LogP contribution in [0.2, 0.25) is 5.02 Å². The lowest BCUT2D eigenvalue weighted by molar-refractivity contribution is 0.773. The highest BCUT2D eigenvalue weighted by atomic mass is 35.5. The monoisotopic (exact) mass is 553 g/mol. The van der Waals surface area contributed by atoms with Gasteiger partial charge in [0, 0.05) is 40.6 Å². The topological polar surface area (TPSA) is 118 Å². The number of H-pyrrole nitrogens is 1. The molecule has 0 aliphatic rings. The zero-order valence-electron chi connectivity index (χ0n) is 20.5. The fourth-order valence-electron chi connectivity index (χ4n) is 4.52. The van der Waals surface area contributed by atoms with Gasteiger partial charge in [0.25, 0.3) is 5.56 Å². The van der Waals surface area contributed by atoms with Gasteiger partial charge in [0.1, 0.15) is 23.2 Å². The number of nitrogens with zero attached hydrogens (tertiary/aromatic N) is 5. The molecule has 192 valence electrons. The summed E-state index contributed by atoms with van der Waals surface area (Å²) in [6.07, 6.45) is 6.22. The van der Waals surface area contributed by atoms with E-state index in [0.717, 1.165) is 0 Å². The van der Waals surface area contributed by atoms with E-state index in [2.05, 4.69) is 30.2 Å². The number of hydrogen-bond donors (Lipinski definition) is 2. The SMILES string of the molecule is C[C@H](Nc1ncnc2[nH]ccc(=O)c12)c1c(Cl)c2cccc(Sc3ncccn3)c2c(=O)n1-c1ccccc1. The van der Waals surface area contributed by atoms with Crippen LogP contribution >= 0.6 is 23.4 Å². The Morgan fingerprint density at radius 2 is 1.72 bits per heavy atom. The minimum absolute atomic E-state index is 0.228. The van der Waals surface area contributed by atoms with Gasteiger partial charge in [0.2, 0.25) is 0 Å². The highest BCUT2D eigenvalue weighted by molar-refractivity contribution is 7.99. The Morgan fingerprint density at radius 1 is 0.923 bits per heavy atom. The summed E-state index contributed by atoms with van der Waals surface area (Å²) in [5.74, 6) is 0.336. The van der Waals surface area contributed by atoms with E-state index in [1.165, 1.54) is 30.4 Å². The normalized spacial score (nSPS) is 12.1. The molecule has 0 saturated carbocycles. The van der Waals surface area contributed by atoms with Gasteiger partial charge >= 0.3 is 0 Å². The maximum absolute atomic E-state index is 14.3. The Hall–Kier alpha value is -4.54. The van der Waals surface area contributed by atoms with Crippen LogP contribution in [0.5, 0.6) is 0 Å². The van der Waals surface area contributed by atoms with E-state index in [-0.39, 0.29) is 11.0 Å². The lowest BCUT2D eigenvalue weighted by atomic mass is 10.1. The van der Waals surface area contributed by atoms with Gasteiger partial charge in [-0.1, -0.05) is 41.9 Å². The molecule has 2 N–H and O–H groups in total. The van der Waals surface area contributed by atoms with Gasteiger partial charge in [-0.15, -0.1) is 0 Å². The van der Waals surface area contributed by atoms with Crippen LogP contribution in [0.25, 0.3) is 27.5 Å². The van der Waals surface area contributed by atoms with Crippen LogP contribution in [0.4, 0.5) is 5.82 Å². The van der Waals surface area contributed by atoms with E-state index in [0.29, 0.717) is 54.1 Å². The number of rotatable bonds is 6. The molecule has 39 heavy (non-hydrogen) atoms. The maximum Gasteiger partial charge on any atom is 0.264 e. The van der Waals surface area contributed by atoms with Crippen LogP contribution < -0.4 is 16.3 Å². The van der Waals surface area contributed by atoms with Crippen molar-refractivity contribution in [3.05, 3.63) is 117 Å². The fourth-order valence-corrected chi connectivity index (χ4v) is 5.80. The predicted molar refractivity (Wildman–Crippen MR) is 153 cm³/mol. The predicted octanol–water partition coefficient (Wildman–Crippen LogP) is 5.39. The molecular formula is C28H20ClN7O2S. The highest BCUT2D eigenvalue weighted by Crippen LogP contribution is 2.37. The summed E-state index contributed by atoms with van der Waals surface area (Å²) in [4.78, 5) is 47.7. The molecule has 11 heteroatoms. The standard InChI is InChI=1S/C28H20ClN7O2S/c1-16(35-26-22-19(37)11-14-30-25(22)33-15-34-26)24-23(29)18-9-5-10-20(39-28-31-12-6-13-32-28)21(18)27(38)36(24)17-7-3-2-4-8-17/h2-16H,1H3,(H2,30,33,34,35,37)/t16-/m0/s1. The van der Waals surface area contributed by atoms with Crippen molar-refractivity contribution in [2.24, 2.45) is 0 Å². The molecule has 9 nitrogen and oxygen atoms in total. The summed E-state index contributed by atoms with van der Waals surface area (Å²) in [5.41, 5.74) is 1.11. The Morgan fingerprint density at radius 3 is 2.51 bits per heavy atom. The van der Waals surface area contributed by atoms with Gasteiger partial charge < -0.3 is 10.3 Å². The van der Waals surface area contributed by atoms with Gasteiger partial charge in [-0.3, -0.25) is 14.2 Å². The molecule has 6 aromatic rings. The van der Waals surface area contributed by atoms with Crippen molar-refractivity contribution >= 4 is 51.0 Å². The first-order valence-electron chi connectivity index (χ1n) is 12.0. The highest BCUT2D eigenvalue weighted by Gasteiger charge is 2.24. The Bertz CT molecular complexity index is 1940. The number of fused-ring (bicyclic) bond motifs is 2. The largest absolute Gasteiger partial charge is 0.361 e. The number of para-hydroxylation sites is 1. The Labute approximate surface area is 231 Å². The molecule has 1 atom stereocenters. The summed E-state index contributed by atoms with van der Waals surface area (Å²) in [5, 5.41) is 5.60. The lowest BCUT2D eigenvalue weighted by Crippen LogP contribution is -2.27. The van der Waals surface area contributed by atoms with Crippen LogP contribution in [0, 0.1) is 0 Å². The second-order valence-corrected chi connectivity index (χ2v) is 10.0. The molecule has 0 saturated heterocycles. The number of anilines is 1. The lowest BCUT2D eigenvalue weighted by Gasteiger charge is -2.23. The smallest absolute Gasteiger partial charge is 0.264 e. The number of hydrogen-bond acceptors (Lipinski definition) is 8. The van der Waals surface area contributed by atoms with Crippen molar-refractivity contribution in [3.63, 3.8) is 0 Å². The molecule has 0 unspecified atom stereocenters. The molecule has 0 spiro atoms. The minimum atomic E-state index is -0.527. The summed E-state index contributed by atoms with van der Waals surface area (Å²) in [6.45, 7) is 1.87. The first-order valence-corrected chi connectivity index (χ1v) is 13.2. The second-order valence-electron chi connectivity index (χ2n) is 8.64. The summed E-state index contributed by atoms with van der Waals surface area (Å²) < 4.78 is 1.60. The van der Waals surface area contributed by atoms with Crippen molar-refractivity contribution in [2.45, 2.75) is 23.0 Å². The van der Waals surface area contributed by atoms with Crippen molar-refractivity contribution in [3.8, 4) is 5.69 Å². The number of halogens is 1. The number of benzene rings is 2. The van der Waals surface area contributed by atoms with Crippen molar-refractivity contribution < 1.29 is 0 Å². The molecule has 0 aliphatic heterocycles. The van der Waals surface area contributed by atoms with Crippen molar-refractivity contribution in [2.75, 3.05) is 5.32 Å². The quantitative estimate of drug-likeness (QED) is 0.264. The van der Waals surface area contributed by atoms with Crippen LogP contribution in [0.15, 0.2) is 105 Å². The molecule has 0 amide bonds. The fraction of sp³-hybridized carbons (Fsp3) is 0.0714. The van der Waals surface area contributed by atoms with E-state index >= 15 is 0 Å². The van der Waals surface area contributed by atoms with Gasteiger partial charge in [-0.05, 0) is 43.0 Å². The number of aromatic amines is 1. The second kappa shape index (κ2) is 10.3. The van der Waals surface area contributed by atoms with Gasteiger partial charge in [-0.2, -0.15) is 0 Å². The molecule has 0 fully saturated rings. The minimum Gasteiger partial charge on any atom is -0.361 e.